The van der Waals surface area contributed by atoms with Crippen molar-refractivity contribution in [2.24, 2.45) is 5.73 Å². The Labute approximate surface area is 134 Å². The van der Waals surface area contributed by atoms with E-state index in [-0.39, 0.29) is 11.4 Å². The van der Waals surface area contributed by atoms with Crippen LogP contribution >= 0.6 is 38.6 Å². The van der Waals surface area contributed by atoms with Crippen molar-refractivity contribution in [3.63, 3.8) is 0 Å². The average molecular weight is 396 g/mol. The van der Waals surface area contributed by atoms with Crippen LogP contribution in [0.2, 0.25) is 0 Å². The first-order valence-corrected chi connectivity index (χ1v) is 9.63. The molecule has 20 heavy (non-hydrogen) atoms. The van der Waals surface area contributed by atoms with E-state index in [0.29, 0.717) is 10.3 Å². The summed E-state index contributed by atoms with van der Waals surface area (Å²) in [4.78, 5) is 5.37. The van der Waals surface area contributed by atoms with Crippen molar-refractivity contribution < 1.29 is 8.42 Å². The van der Waals surface area contributed by atoms with Crippen molar-refractivity contribution in [2.45, 2.75) is 24.9 Å². The fourth-order valence-corrected chi connectivity index (χ4v) is 5.89. The van der Waals surface area contributed by atoms with Gasteiger partial charge in [0.25, 0.3) is 0 Å². The van der Waals surface area contributed by atoms with Crippen LogP contribution in [0.5, 0.6) is 0 Å². The Kier molecular flexibility index (Phi) is 4.98. The summed E-state index contributed by atoms with van der Waals surface area (Å²) in [6.07, 6.45) is 0. The third-order valence-electron chi connectivity index (χ3n) is 2.65. The first-order chi connectivity index (χ1) is 9.34. The molecule has 0 aliphatic carbocycles. The van der Waals surface area contributed by atoms with Crippen LogP contribution in [0.25, 0.3) is 0 Å². The SMILES string of the molecule is Cc1nc(CN(C)S(=O)(=O)c2cc(CN)sc2Br)cs1. The van der Waals surface area contributed by atoms with Crippen LogP contribution < -0.4 is 5.73 Å². The second-order valence-electron chi connectivity index (χ2n) is 4.17. The second kappa shape index (κ2) is 6.20. The zero-order valence-corrected chi connectivity index (χ0v) is 15.0. The topological polar surface area (TPSA) is 76.3 Å². The van der Waals surface area contributed by atoms with Gasteiger partial charge >= 0.3 is 0 Å². The number of aromatic nitrogens is 1. The molecule has 0 unspecified atom stereocenters. The van der Waals surface area contributed by atoms with Crippen LogP contribution in [0.4, 0.5) is 0 Å². The van der Waals surface area contributed by atoms with Crippen molar-refractivity contribution in [1.29, 1.82) is 0 Å². The van der Waals surface area contributed by atoms with E-state index in [2.05, 4.69) is 20.9 Å². The lowest BCUT2D eigenvalue weighted by Crippen LogP contribution is -2.26. The molecule has 0 aliphatic rings. The number of thiophene rings is 1. The first kappa shape index (κ1) is 16.1. The highest BCUT2D eigenvalue weighted by atomic mass is 79.9. The van der Waals surface area contributed by atoms with Gasteiger partial charge in [-0.25, -0.2) is 13.4 Å². The Balaban J connectivity index is 2.26. The molecule has 2 aromatic heterocycles. The molecule has 2 rings (SSSR count). The van der Waals surface area contributed by atoms with Gasteiger partial charge in [0, 0.05) is 23.8 Å². The van der Waals surface area contributed by atoms with Crippen molar-refractivity contribution in [3.8, 4) is 0 Å². The van der Waals surface area contributed by atoms with Gasteiger partial charge in [0.05, 0.1) is 21.0 Å². The molecule has 9 heteroatoms. The fraction of sp³-hybridized carbons (Fsp3) is 0.364. The molecule has 0 aromatic carbocycles. The Hall–Kier alpha value is -0.320. The maximum Gasteiger partial charge on any atom is 0.245 e. The van der Waals surface area contributed by atoms with Gasteiger partial charge in [0.1, 0.15) is 4.90 Å². The van der Waals surface area contributed by atoms with Crippen LogP contribution in [-0.2, 0) is 23.1 Å². The number of nitrogens with two attached hydrogens (primary N) is 1. The molecule has 0 amide bonds. The van der Waals surface area contributed by atoms with Crippen LogP contribution in [0, 0.1) is 6.92 Å². The maximum atomic E-state index is 12.5. The molecule has 110 valence electrons. The van der Waals surface area contributed by atoms with Crippen molar-refractivity contribution in [3.05, 3.63) is 30.8 Å². The number of rotatable bonds is 5. The van der Waals surface area contributed by atoms with Crippen LogP contribution in [0.1, 0.15) is 15.6 Å². The van der Waals surface area contributed by atoms with Gasteiger partial charge < -0.3 is 5.73 Å². The molecule has 0 saturated heterocycles. The summed E-state index contributed by atoms with van der Waals surface area (Å²) < 4.78 is 26.9. The molecule has 5 nitrogen and oxygen atoms in total. The minimum atomic E-state index is -3.54. The summed E-state index contributed by atoms with van der Waals surface area (Å²) in [6.45, 7) is 2.48. The fourth-order valence-electron chi connectivity index (χ4n) is 1.64. The van der Waals surface area contributed by atoms with Crippen molar-refractivity contribution >= 4 is 48.6 Å². The predicted molar refractivity (Wildman–Crippen MR) is 85.4 cm³/mol. The van der Waals surface area contributed by atoms with E-state index in [1.807, 2.05) is 12.3 Å². The average Bonchev–Trinajstić information content (AvgIpc) is 2.95. The Morgan fingerprint density at radius 1 is 1.50 bits per heavy atom. The standard InChI is InChI=1S/C11H14BrN3O2S3/c1-7-14-8(6-18-7)5-15(2)20(16,17)10-3-9(4-13)19-11(10)12/h3,6H,4-5,13H2,1-2H3. The molecule has 2 N–H and O–H groups in total. The summed E-state index contributed by atoms with van der Waals surface area (Å²) in [6, 6.07) is 1.62. The van der Waals surface area contributed by atoms with E-state index in [9.17, 15) is 8.42 Å². The van der Waals surface area contributed by atoms with Gasteiger partial charge in [0.2, 0.25) is 10.0 Å². The predicted octanol–water partition coefficient (Wildman–Crippen LogP) is 2.55. The van der Waals surface area contributed by atoms with E-state index in [1.165, 1.54) is 27.0 Å². The quantitative estimate of drug-likeness (QED) is 0.843. The van der Waals surface area contributed by atoms with Gasteiger partial charge in [-0.2, -0.15) is 4.31 Å². The molecule has 2 aromatic rings. The number of nitrogens with zero attached hydrogens (tertiary/aromatic N) is 2. The first-order valence-electron chi connectivity index (χ1n) is 5.70. The Morgan fingerprint density at radius 3 is 2.70 bits per heavy atom. The summed E-state index contributed by atoms with van der Waals surface area (Å²) in [5.74, 6) is 0. The molecular weight excluding hydrogens is 382 g/mol. The highest BCUT2D eigenvalue weighted by Gasteiger charge is 2.26. The third kappa shape index (κ3) is 3.29. The van der Waals surface area contributed by atoms with Crippen molar-refractivity contribution in [2.75, 3.05) is 7.05 Å². The number of aryl methyl sites for hydroxylation is 1. The molecule has 0 saturated carbocycles. The highest BCUT2D eigenvalue weighted by Crippen LogP contribution is 2.33. The Morgan fingerprint density at radius 2 is 2.20 bits per heavy atom. The van der Waals surface area contributed by atoms with Gasteiger partial charge in [-0.3, -0.25) is 0 Å². The zero-order chi connectivity index (χ0) is 14.9. The molecule has 0 spiro atoms. The molecule has 0 aliphatic heterocycles. The van der Waals surface area contributed by atoms with Gasteiger partial charge in [0.15, 0.2) is 0 Å². The molecule has 0 radical (unpaired) electrons. The zero-order valence-electron chi connectivity index (χ0n) is 11.0. The summed E-state index contributed by atoms with van der Waals surface area (Å²) in [5.41, 5.74) is 6.30. The minimum Gasteiger partial charge on any atom is -0.326 e. The maximum absolute atomic E-state index is 12.5. The lowest BCUT2D eigenvalue weighted by Gasteiger charge is -2.15. The summed E-state index contributed by atoms with van der Waals surface area (Å²) in [7, 11) is -1.99. The smallest absolute Gasteiger partial charge is 0.245 e. The molecule has 0 fully saturated rings. The lowest BCUT2D eigenvalue weighted by atomic mass is 10.5. The number of sulfonamides is 1. The molecule has 2 heterocycles. The summed E-state index contributed by atoms with van der Waals surface area (Å²) in [5, 5.41) is 2.79. The molecule has 0 bridgehead atoms. The number of hydrogen-bond donors (Lipinski definition) is 1. The molecular formula is C11H14BrN3O2S3. The summed E-state index contributed by atoms with van der Waals surface area (Å²) >= 11 is 6.14. The minimum absolute atomic E-state index is 0.257. The Bertz CT molecular complexity index is 708. The van der Waals surface area contributed by atoms with Gasteiger partial charge in [-0.1, -0.05) is 0 Å². The van der Waals surface area contributed by atoms with E-state index in [1.54, 1.807) is 13.1 Å². The number of hydrogen-bond acceptors (Lipinski definition) is 6. The monoisotopic (exact) mass is 395 g/mol. The van der Waals surface area contributed by atoms with Crippen molar-refractivity contribution in [1.82, 2.24) is 9.29 Å². The van der Waals surface area contributed by atoms with Crippen LogP contribution in [-0.4, -0.2) is 24.8 Å². The van der Waals surface area contributed by atoms with Crippen LogP contribution in [0.15, 0.2) is 20.1 Å². The van der Waals surface area contributed by atoms with Gasteiger partial charge in [-0.15, -0.1) is 22.7 Å². The van der Waals surface area contributed by atoms with E-state index in [4.69, 9.17) is 5.73 Å². The normalized spacial score (nSPS) is 12.2. The van der Waals surface area contributed by atoms with Gasteiger partial charge in [-0.05, 0) is 28.9 Å². The van der Waals surface area contributed by atoms with E-state index in [0.717, 1.165) is 15.6 Å². The lowest BCUT2D eigenvalue weighted by molar-refractivity contribution is 0.462. The highest BCUT2D eigenvalue weighted by molar-refractivity contribution is 9.11. The third-order valence-corrected chi connectivity index (χ3v) is 7.55. The van der Waals surface area contributed by atoms with E-state index < -0.39 is 10.0 Å². The number of halogens is 1. The van der Waals surface area contributed by atoms with Crippen LogP contribution in [0.3, 0.4) is 0 Å². The number of thiazole rings is 1. The largest absolute Gasteiger partial charge is 0.326 e. The van der Waals surface area contributed by atoms with E-state index >= 15 is 0 Å². The second-order valence-corrected chi connectivity index (χ2v) is 9.70. The molecule has 0 atom stereocenters.